The smallest absolute Gasteiger partial charge is 0.338 e. The number of nitrogens with one attached hydrogen (secondary N) is 2. The molecule has 0 unspecified atom stereocenters. The van der Waals surface area contributed by atoms with E-state index >= 15 is 0 Å². The molecule has 2 rings (SSSR count). The Balaban J connectivity index is 2.42. The second-order valence-corrected chi connectivity index (χ2v) is 7.89. The molecular weight excluding hydrogens is 446 g/mol. The van der Waals surface area contributed by atoms with Gasteiger partial charge in [0.2, 0.25) is 5.91 Å². The van der Waals surface area contributed by atoms with E-state index in [-0.39, 0.29) is 12.2 Å². The van der Waals surface area contributed by atoms with Crippen LogP contribution in [0.4, 0.5) is 5.69 Å². The van der Waals surface area contributed by atoms with Gasteiger partial charge in [-0.3, -0.25) is 14.3 Å². The summed E-state index contributed by atoms with van der Waals surface area (Å²) in [6, 6.07) is 11.1. The molecule has 5 N–H and O–H groups in total. The van der Waals surface area contributed by atoms with Crippen LogP contribution in [0.25, 0.3) is 0 Å². The van der Waals surface area contributed by atoms with E-state index in [1.54, 1.807) is 31.2 Å². The predicted octanol–water partition coefficient (Wildman–Crippen LogP) is 3.79. The third-order valence-electron chi connectivity index (χ3n) is 4.37. The van der Waals surface area contributed by atoms with Gasteiger partial charge in [-0.15, -0.1) is 0 Å². The van der Waals surface area contributed by atoms with E-state index in [1.807, 2.05) is 18.2 Å². The molecule has 0 saturated heterocycles. The zero-order valence-corrected chi connectivity index (χ0v) is 19.4. The van der Waals surface area contributed by atoms with E-state index < -0.39 is 30.3 Å². The highest BCUT2D eigenvalue weighted by atomic mass is 32.2. The van der Waals surface area contributed by atoms with Crippen molar-refractivity contribution in [3.8, 4) is 11.5 Å². The second kappa shape index (κ2) is 13.3. The van der Waals surface area contributed by atoms with Crippen molar-refractivity contribution in [2.45, 2.75) is 44.0 Å². The van der Waals surface area contributed by atoms with E-state index in [0.29, 0.717) is 28.6 Å². The Labute approximate surface area is 197 Å². The Kier molecular flexibility index (Phi) is 10.5. The SMILES string of the molecule is CCCCNc1cc(C(=O)OCC)cc(SNC(=O)[C@@H](N)CC(=O)O)c1Oc1ccccc1. The summed E-state index contributed by atoms with van der Waals surface area (Å²) in [4.78, 5) is 36.0. The lowest BCUT2D eigenvalue weighted by molar-refractivity contribution is -0.139. The molecule has 0 radical (unpaired) electrons. The first-order valence-corrected chi connectivity index (χ1v) is 11.4. The predicted molar refractivity (Wildman–Crippen MR) is 127 cm³/mol. The summed E-state index contributed by atoms with van der Waals surface area (Å²) in [5, 5.41) is 12.2. The molecule has 0 aliphatic rings. The second-order valence-electron chi connectivity index (χ2n) is 7.04. The highest BCUT2D eigenvalue weighted by Gasteiger charge is 2.21. The van der Waals surface area contributed by atoms with Gasteiger partial charge in [0.1, 0.15) is 5.75 Å². The first kappa shape index (κ1) is 26.0. The molecule has 0 fully saturated rings. The molecule has 1 amide bonds. The highest BCUT2D eigenvalue weighted by molar-refractivity contribution is 7.98. The molecule has 178 valence electrons. The molecule has 2 aromatic carbocycles. The fourth-order valence-electron chi connectivity index (χ4n) is 2.71. The van der Waals surface area contributed by atoms with Crippen LogP contribution in [0.15, 0.2) is 47.4 Å². The molecule has 0 aliphatic heterocycles. The first-order chi connectivity index (χ1) is 15.8. The molecule has 0 saturated carbocycles. The number of hydrogen-bond acceptors (Lipinski definition) is 8. The van der Waals surface area contributed by atoms with Gasteiger partial charge in [0.15, 0.2) is 5.75 Å². The fraction of sp³-hybridized carbons (Fsp3) is 0.348. The Morgan fingerprint density at radius 3 is 2.52 bits per heavy atom. The topological polar surface area (TPSA) is 140 Å². The van der Waals surface area contributed by atoms with Gasteiger partial charge in [0, 0.05) is 6.54 Å². The summed E-state index contributed by atoms with van der Waals surface area (Å²) < 4.78 is 13.8. The molecule has 0 bridgehead atoms. The number of rotatable bonds is 13. The first-order valence-electron chi connectivity index (χ1n) is 10.6. The van der Waals surface area contributed by atoms with Crippen LogP contribution in [0.5, 0.6) is 11.5 Å². The maximum absolute atomic E-state index is 12.4. The zero-order chi connectivity index (χ0) is 24.2. The minimum atomic E-state index is -1.22. The van der Waals surface area contributed by atoms with Crippen molar-refractivity contribution >= 4 is 35.5 Å². The summed E-state index contributed by atoms with van der Waals surface area (Å²) in [5.41, 5.74) is 6.49. The van der Waals surface area contributed by atoms with Crippen molar-refractivity contribution < 1.29 is 29.0 Å². The Hall–Kier alpha value is -3.24. The van der Waals surface area contributed by atoms with Gasteiger partial charge < -0.3 is 25.6 Å². The number of hydrogen-bond donors (Lipinski definition) is 4. The number of unbranched alkanes of at least 4 members (excludes halogenated alkanes) is 1. The van der Waals surface area contributed by atoms with Crippen molar-refractivity contribution in [1.82, 2.24) is 4.72 Å². The van der Waals surface area contributed by atoms with Crippen molar-refractivity contribution in [2.24, 2.45) is 5.73 Å². The van der Waals surface area contributed by atoms with Crippen LogP contribution < -0.4 is 20.5 Å². The van der Waals surface area contributed by atoms with Gasteiger partial charge in [0.25, 0.3) is 0 Å². The van der Waals surface area contributed by atoms with Crippen LogP contribution in [-0.4, -0.2) is 42.1 Å². The number of anilines is 1. The van der Waals surface area contributed by atoms with Crippen molar-refractivity contribution in [1.29, 1.82) is 0 Å². The molecule has 0 heterocycles. The zero-order valence-electron chi connectivity index (χ0n) is 18.6. The van der Waals surface area contributed by atoms with E-state index in [9.17, 15) is 14.4 Å². The van der Waals surface area contributed by atoms with Gasteiger partial charge >= 0.3 is 11.9 Å². The van der Waals surface area contributed by atoms with Crippen molar-refractivity contribution in [3.63, 3.8) is 0 Å². The number of amides is 1. The number of carboxylic acids is 1. The molecular formula is C23H29N3O6S. The maximum Gasteiger partial charge on any atom is 0.338 e. The average Bonchev–Trinajstić information content (AvgIpc) is 2.79. The maximum atomic E-state index is 12.4. The number of esters is 1. The number of nitrogens with two attached hydrogens (primary N) is 1. The summed E-state index contributed by atoms with van der Waals surface area (Å²) >= 11 is 0.888. The largest absolute Gasteiger partial charge is 0.481 e. The van der Waals surface area contributed by atoms with Crippen LogP contribution >= 0.6 is 11.9 Å². The molecule has 0 spiro atoms. The van der Waals surface area contributed by atoms with Gasteiger partial charge in [-0.05, 0) is 49.6 Å². The molecule has 0 aromatic heterocycles. The van der Waals surface area contributed by atoms with Crippen molar-refractivity contribution in [3.05, 3.63) is 48.0 Å². The van der Waals surface area contributed by atoms with Gasteiger partial charge in [-0.25, -0.2) is 4.79 Å². The monoisotopic (exact) mass is 475 g/mol. The molecule has 10 heteroatoms. The fourth-order valence-corrected chi connectivity index (χ4v) is 3.51. The molecule has 2 aromatic rings. The Bertz CT molecular complexity index is 955. The van der Waals surface area contributed by atoms with Crippen LogP contribution in [0.2, 0.25) is 0 Å². The van der Waals surface area contributed by atoms with Crippen LogP contribution in [0, 0.1) is 0 Å². The standard InChI is InChI=1S/C23H29N3O6S/c1-3-5-11-25-18-12-15(23(30)31-4-2)13-19(21(18)32-16-9-7-6-8-10-16)33-26-22(29)17(24)14-20(27)28/h6-10,12-13,17,25H,3-5,11,14,24H2,1-2H3,(H,26,29)(H,27,28)/t17-/m0/s1. The van der Waals surface area contributed by atoms with E-state index in [2.05, 4.69) is 17.0 Å². The lowest BCUT2D eigenvalue weighted by atomic mass is 10.1. The molecule has 33 heavy (non-hydrogen) atoms. The minimum absolute atomic E-state index is 0.211. The van der Waals surface area contributed by atoms with E-state index in [0.717, 1.165) is 24.8 Å². The van der Waals surface area contributed by atoms with E-state index in [1.165, 1.54) is 0 Å². The quantitative estimate of drug-likeness (QED) is 0.193. The number of benzene rings is 2. The minimum Gasteiger partial charge on any atom is -0.481 e. The van der Waals surface area contributed by atoms with Crippen molar-refractivity contribution in [2.75, 3.05) is 18.5 Å². The van der Waals surface area contributed by atoms with Gasteiger partial charge in [-0.1, -0.05) is 31.5 Å². The Morgan fingerprint density at radius 2 is 1.88 bits per heavy atom. The van der Waals surface area contributed by atoms with Crippen LogP contribution in [0.3, 0.4) is 0 Å². The van der Waals surface area contributed by atoms with Gasteiger partial charge in [-0.2, -0.15) is 0 Å². The van der Waals surface area contributed by atoms with E-state index in [4.69, 9.17) is 20.3 Å². The average molecular weight is 476 g/mol. The highest BCUT2D eigenvalue weighted by Crippen LogP contribution is 2.39. The summed E-state index contributed by atoms with van der Waals surface area (Å²) in [5.74, 6) is -1.38. The number of carboxylic acid groups (broad SMARTS) is 1. The number of ether oxygens (including phenoxy) is 2. The number of para-hydroxylation sites is 1. The normalized spacial score (nSPS) is 11.4. The third-order valence-corrected chi connectivity index (χ3v) is 5.19. The molecule has 1 atom stereocenters. The number of carbonyl (C=O) groups is 3. The summed E-state index contributed by atoms with van der Waals surface area (Å²) in [7, 11) is 0. The van der Waals surface area contributed by atoms with Crippen LogP contribution in [0.1, 0.15) is 43.5 Å². The van der Waals surface area contributed by atoms with Crippen LogP contribution in [-0.2, 0) is 14.3 Å². The number of carbonyl (C=O) groups excluding carboxylic acids is 2. The Morgan fingerprint density at radius 1 is 1.15 bits per heavy atom. The summed E-state index contributed by atoms with van der Waals surface area (Å²) in [6.45, 7) is 4.64. The summed E-state index contributed by atoms with van der Waals surface area (Å²) in [6.07, 6.45) is 1.36. The third kappa shape index (κ3) is 8.32. The molecule has 0 aliphatic carbocycles. The molecule has 9 nitrogen and oxygen atoms in total. The number of aliphatic carboxylic acids is 1. The van der Waals surface area contributed by atoms with Gasteiger partial charge in [0.05, 0.1) is 35.2 Å². The lowest BCUT2D eigenvalue weighted by Crippen LogP contribution is -2.39. The lowest BCUT2D eigenvalue weighted by Gasteiger charge is -2.19.